The maximum absolute atomic E-state index is 14.8. The van der Waals surface area contributed by atoms with Crippen molar-refractivity contribution in [1.82, 2.24) is 25.2 Å². The van der Waals surface area contributed by atoms with Gasteiger partial charge in [0.15, 0.2) is 0 Å². The summed E-state index contributed by atoms with van der Waals surface area (Å²) in [6.07, 6.45) is 8.26. The fraction of sp³-hybridized carbons (Fsp3) is 0.625. The van der Waals surface area contributed by atoms with Gasteiger partial charge in [0, 0.05) is 22.4 Å². The molecule has 4 unspecified atom stereocenters. The summed E-state index contributed by atoms with van der Waals surface area (Å²) < 4.78 is 40.2. The summed E-state index contributed by atoms with van der Waals surface area (Å²) in [6, 6.07) is 3.39. The Labute approximate surface area is 328 Å². The fourth-order valence-electron chi connectivity index (χ4n) is 7.89. The lowest BCUT2D eigenvalue weighted by Gasteiger charge is -2.36. The molecule has 1 spiro atoms. The van der Waals surface area contributed by atoms with Gasteiger partial charge in [-0.1, -0.05) is 43.5 Å². The number of nitrogens with one attached hydrogen (secondary N) is 3. The van der Waals surface area contributed by atoms with Gasteiger partial charge in [0.25, 0.3) is 5.91 Å². The lowest BCUT2D eigenvalue weighted by molar-refractivity contribution is -0.142. The molecule has 1 aromatic heterocycles. The zero-order valence-electron chi connectivity index (χ0n) is 32.7. The van der Waals surface area contributed by atoms with Crippen LogP contribution in [0.1, 0.15) is 117 Å². The van der Waals surface area contributed by atoms with E-state index in [9.17, 15) is 27.6 Å². The summed E-state index contributed by atoms with van der Waals surface area (Å²) >= 11 is 6.39. The number of hydrogen-bond donors (Lipinski definition) is 3. The highest BCUT2D eigenvalue weighted by Crippen LogP contribution is 2.45. The third-order valence-corrected chi connectivity index (χ3v) is 13.9. The molecule has 4 aliphatic rings. The number of pyridine rings is 1. The fourth-order valence-corrected chi connectivity index (χ4v) is 9.39. The first kappa shape index (κ1) is 40.7. The molecule has 3 N–H and O–H groups in total. The number of ether oxygens (including phenoxy) is 2. The van der Waals surface area contributed by atoms with E-state index in [4.69, 9.17) is 26.1 Å². The van der Waals surface area contributed by atoms with E-state index < -0.39 is 67.4 Å². The van der Waals surface area contributed by atoms with Gasteiger partial charge in [-0.3, -0.25) is 19.1 Å². The van der Waals surface area contributed by atoms with E-state index in [0.717, 1.165) is 29.3 Å². The average molecular weight is 800 g/mol. The smallest absolute Gasteiger partial charge is 0.408 e. The Morgan fingerprint density at radius 2 is 1.87 bits per heavy atom. The van der Waals surface area contributed by atoms with Gasteiger partial charge in [0.1, 0.15) is 34.6 Å². The Morgan fingerprint density at radius 1 is 1.13 bits per heavy atom. The highest BCUT2D eigenvalue weighted by molar-refractivity contribution is 7.91. The highest BCUT2D eigenvalue weighted by atomic mass is 35.5. The van der Waals surface area contributed by atoms with Gasteiger partial charge in [-0.15, -0.1) is 0 Å². The minimum atomic E-state index is -4.02. The van der Waals surface area contributed by atoms with Crippen LogP contribution in [0, 0.1) is 6.92 Å². The van der Waals surface area contributed by atoms with Crippen molar-refractivity contribution < 1.29 is 37.1 Å². The minimum absolute atomic E-state index is 0.0286. The van der Waals surface area contributed by atoms with Crippen molar-refractivity contribution in [2.24, 2.45) is 0 Å². The molecular formula is C40H54ClN5O8S. The van der Waals surface area contributed by atoms with E-state index in [-0.39, 0.29) is 25.8 Å². The van der Waals surface area contributed by atoms with Crippen LogP contribution in [0.15, 0.2) is 30.4 Å². The van der Waals surface area contributed by atoms with E-state index in [1.807, 2.05) is 31.2 Å². The van der Waals surface area contributed by atoms with Gasteiger partial charge >= 0.3 is 6.09 Å². The molecule has 6 rings (SSSR count). The molecule has 4 atom stereocenters. The topological polar surface area (TPSA) is 173 Å². The van der Waals surface area contributed by atoms with Gasteiger partial charge in [-0.2, -0.15) is 0 Å². The zero-order valence-corrected chi connectivity index (χ0v) is 34.3. The summed E-state index contributed by atoms with van der Waals surface area (Å²) in [7, 11) is -4.02. The summed E-state index contributed by atoms with van der Waals surface area (Å²) in [6.45, 7) is 10.4. The molecule has 1 aliphatic carbocycles. The molecule has 0 radical (unpaired) electrons. The minimum Gasteiger partial charge on any atom is -0.483 e. The molecule has 2 fully saturated rings. The molecule has 4 amide bonds. The van der Waals surface area contributed by atoms with Gasteiger partial charge < -0.3 is 25.0 Å². The lowest BCUT2D eigenvalue weighted by Crippen LogP contribution is -2.63. The zero-order chi connectivity index (χ0) is 40.0. The van der Waals surface area contributed by atoms with Crippen LogP contribution in [-0.4, -0.2) is 82.2 Å². The third kappa shape index (κ3) is 8.60. The molecule has 15 heteroatoms. The first-order chi connectivity index (χ1) is 25.8. The predicted molar refractivity (Wildman–Crippen MR) is 209 cm³/mol. The van der Waals surface area contributed by atoms with Gasteiger partial charge in [-0.25, -0.2) is 18.2 Å². The van der Waals surface area contributed by atoms with Crippen molar-refractivity contribution in [2.45, 2.75) is 152 Å². The van der Waals surface area contributed by atoms with Gasteiger partial charge in [0.05, 0.1) is 22.5 Å². The number of carbonyl (C=O) groups is 4. The molecule has 55 heavy (non-hydrogen) atoms. The summed E-state index contributed by atoms with van der Waals surface area (Å²) in [4.78, 5) is 63.0. The molecule has 1 saturated heterocycles. The van der Waals surface area contributed by atoms with E-state index >= 15 is 0 Å². The number of aromatic nitrogens is 1. The van der Waals surface area contributed by atoms with Crippen LogP contribution in [0.25, 0.3) is 10.9 Å². The first-order valence-corrected chi connectivity index (χ1v) is 21.3. The Kier molecular flexibility index (Phi) is 11.3. The lowest BCUT2D eigenvalue weighted by atomic mass is 9.86. The number of amides is 4. The Bertz CT molecular complexity index is 2010. The van der Waals surface area contributed by atoms with Crippen LogP contribution in [0.5, 0.6) is 5.75 Å². The van der Waals surface area contributed by atoms with E-state index in [1.54, 1.807) is 40.7 Å². The molecule has 1 aromatic carbocycles. The normalized spacial score (nSPS) is 27.2. The van der Waals surface area contributed by atoms with Crippen LogP contribution in [0.4, 0.5) is 4.79 Å². The van der Waals surface area contributed by atoms with E-state index in [2.05, 4.69) is 15.4 Å². The van der Waals surface area contributed by atoms with Gasteiger partial charge in [0.2, 0.25) is 21.8 Å². The van der Waals surface area contributed by atoms with Crippen molar-refractivity contribution in [3.8, 4) is 5.75 Å². The largest absolute Gasteiger partial charge is 0.483 e. The number of benzene rings is 1. The average Bonchev–Trinajstić information content (AvgIpc) is 3.77. The Morgan fingerprint density at radius 3 is 2.56 bits per heavy atom. The molecule has 1 saturated carbocycles. The van der Waals surface area contributed by atoms with Crippen LogP contribution >= 0.6 is 11.6 Å². The number of halogens is 1. The molecule has 0 bridgehead atoms. The van der Waals surface area contributed by atoms with E-state index in [1.165, 1.54) is 4.90 Å². The molecule has 13 nitrogen and oxygen atoms in total. The number of rotatable bonds is 5. The number of sulfonamides is 1. The summed E-state index contributed by atoms with van der Waals surface area (Å²) in [5.41, 5.74) is -1.06. The third-order valence-electron chi connectivity index (χ3n) is 11.5. The number of carbonyl (C=O) groups excluding carboxylic acids is 4. The standard InChI is InChI=1S/C40H54ClN5O8S/c1-7-40(35(49)45-55(51,52)38(6)20-21-38)18-13-11-9-8-10-12-14-30(43-36(50)54-37(3,4)5)34(48)46-24-39(23-31(46)33(47)44-40)19-17-27-28-22-26(41)15-16-29(28)42-25(2)32(27)53-39/h11,13,15-16,22,30-31H,7-10,12,14,17-21,23-24H2,1-6H3,(H,43,50)(H,44,47)(H,45,49). The van der Waals surface area contributed by atoms with Crippen LogP contribution in [-0.2, 0) is 35.6 Å². The van der Waals surface area contributed by atoms with E-state index in [0.29, 0.717) is 61.4 Å². The second-order valence-corrected chi connectivity index (χ2v) is 19.6. The van der Waals surface area contributed by atoms with Crippen molar-refractivity contribution in [2.75, 3.05) is 6.54 Å². The Hall–Kier alpha value is -3.91. The number of alkyl carbamates (subject to hydrolysis) is 1. The first-order valence-electron chi connectivity index (χ1n) is 19.4. The number of aryl methyl sites for hydroxylation is 2. The Balaban J connectivity index is 1.38. The summed E-state index contributed by atoms with van der Waals surface area (Å²) in [5, 5.41) is 7.17. The number of allylic oxidation sites excluding steroid dienone is 1. The van der Waals surface area contributed by atoms with Crippen molar-refractivity contribution in [3.05, 3.63) is 46.6 Å². The maximum atomic E-state index is 14.8. The predicted octanol–water partition coefficient (Wildman–Crippen LogP) is 5.93. The number of hydrogen-bond acceptors (Lipinski definition) is 9. The molecule has 2 aromatic rings. The van der Waals surface area contributed by atoms with Crippen LogP contribution in [0.2, 0.25) is 5.02 Å². The molecule has 3 aliphatic heterocycles. The van der Waals surface area contributed by atoms with Crippen LogP contribution < -0.4 is 20.1 Å². The number of nitrogens with zero attached hydrogens (tertiary/aromatic N) is 2. The van der Waals surface area contributed by atoms with Crippen molar-refractivity contribution >= 4 is 56.3 Å². The van der Waals surface area contributed by atoms with Crippen molar-refractivity contribution in [3.63, 3.8) is 0 Å². The number of fused-ring (bicyclic) bond motifs is 4. The highest BCUT2D eigenvalue weighted by Gasteiger charge is 2.56. The monoisotopic (exact) mass is 799 g/mol. The molecule has 300 valence electrons. The second-order valence-electron chi connectivity index (χ2n) is 17.0. The maximum Gasteiger partial charge on any atom is 0.408 e. The summed E-state index contributed by atoms with van der Waals surface area (Å²) in [5.74, 6) is -1.34. The quantitative estimate of drug-likeness (QED) is 0.310. The second kappa shape index (κ2) is 15.2. The van der Waals surface area contributed by atoms with Crippen LogP contribution in [0.3, 0.4) is 0 Å². The van der Waals surface area contributed by atoms with Gasteiger partial charge in [-0.05, 0) is 111 Å². The molecular weight excluding hydrogens is 746 g/mol. The SMILES string of the molecule is CCC1(C(=O)NS(=O)(=O)C2(C)CC2)CC=CCCCCCC(NC(=O)OC(C)(C)C)C(=O)N2CC3(CCc4c(c(C)nc5ccc(Cl)cc45)O3)CC2C(=O)N1. The van der Waals surface area contributed by atoms with Crippen molar-refractivity contribution in [1.29, 1.82) is 0 Å². The molecule has 4 heterocycles.